The molecule has 6 aromatic carbocycles. The summed E-state index contributed by atoms with van der Waals surface area (Å²) in [6, 6.07) is 49.6. The maximum absolute atomic E-state index is 6.59. The minimum atomic E-state index is 0.575. The Bertz CT molecular complexity index is 2130. The Morgan fingerprint density at radius 1 is 0.463 bits per heavy atom. The molecular formula is C37H24N2O2. The third-order valence-corrected chi connectivity index (χ3v) is 7.49. The third-order valence-electron chi connectivity index (χ3n) is 7.49. The van der Waals surface area contributed by atoms with Gasteiger partial charge in [-0.05, 0) is 59.7 Å². The van der Waals surface area contributed by atoms with E-state index in [1.54, 1.807) is 0 Å². The van der Waals surface area contributed by atoms with Crippen molar-refractivity contribution in [1.82, 2.24) is 4.98 Å². The molecule has 0 radical (unpaired) electrons. The number of fused-ring (bicyclic) bond motifs is 4. The van der Waals surface area contributed by atoms with Gasteiger partial charge in [0.05, 0.1) is 0 Å². The average molecular weight is 529 g/mol. The lowest BCUT2D eigenvalue weighted by Gasteiger charge is -2.25. The van der Waals surface area contributed by atoms with Crippen LogP contribution in [0.4, 0.5) is 17.1 Å². The van der Waals surface area contributed by atoms with Crippen LogP contribution < -0.4 is 4.90 Å². The van der Waals surface area contributed by atoms with Crippen LogP contribution >= 0.6 is 0 Å². The number of nitrogens with zero attached hydrogens (tertiary/aromatic N) is 2. The zero-order chi connectivity index (χ0) is 27.2. The van der Waals surface area contributed by atoms with Gasteiger partial charge in [-0.1, -0.05) is 97.1 Å². The Morgan fingerprint density at radius 2 is 1.05 bits per heavy atom. The summed E-state index contributed by atoms with van der Waals surface area (Å²) in [5.74, 6) is 0.575. The fraction of sp³-hybridized carbons (Fsp3) is 0. The van der Waals surface area contributed by atoms with Gasteiger partial charge in [0.15, 0.2) is 11.2 Å². The normalized spacial score (nSPS) is 11.4. The predicted octanol–water partition coefficient (Wildman–Crippen LogP) is 10.5. The first kappa shape index (κ1) is 23.3. The van der Waals surface area contributed by atoms with Crippen molar-refractivity contribution >= 4 is 50.1 Å². The first-order chi connectivity index (χ1) is 20.3. The molecule has 2 heterocycles. The molecule has 2 aromatic heterocycles. The van der Waals surface area contributed by atoms with Gasteiger partial charge in [-0.25, -0.2) is 4.98 Å². The number of aromatic nitrogens is 1. The van der Waals surface area contributed by atoms with Gasteiger partial charge >= 0.3 is 0 Å². The van der Waals surface area contributed by atoms with Crippen LogP contribution in [0.5, 0.6) is 0 Å². The van der Waals surface area contributed by atoms with Gasteiger partial charge in [-0.3, -0.25) is 0 Å². The zero-order valence-electron chi connectivity index (χ0n) is 22.1. The monoisotopic (exact) mass is 528 g/mol. The van der Waals surface area contributed by atoms with E-state index in [2.05, 4.69) is 77.7 Å². The van der Waals surface area contributed by atoms with Gasteiger partial charge in [-0.2, -0.15) is 0 Å². The summed E-state index contributed by atoms with van der Waals surface area (Å²) >= 11 is 0. The molecule has 0 saturated carbocycles. The smallest absolute Gasteiger partial charge is 0.227 e. The van der Waals surface area contributed by atoms with Crippen LogP contribution in [-0.4, -0.2) is 4.98 Å². The second kappa shape index (κ2) is 9.54. The van der Waals surface area contributed by atoms with Crippen LogP contribution in [-0.2, 0) is 0 Å². The highest BCUT2D eigenvalue weighted by molar-refractivity contribution is 6.17. The lowest BCUT2D eigenvalue weighted by atomic mass is 10.0. The number of hydrogen-bond acceptors (Lipinski definition) is 4. The summed E-state index contributed by atoms with van der Waals surface area (Å²) in [4.78, 5) is 7.18. The standard InChI is InChI=1S/C37H24N2O2/c1-4-12-25(13-5-1)26-20-22-29(23-21-26)39(28-16-8-3-9-17-28)34-35-31(30-18-10-11-19-33(30)40-35)24-32-36(34)41-37(38-32)27-14-6-2-7-15-27/h1-24H. The maximum atomic E-state index is 6.59. The summed E-state index contributed by atoms with van der Waals surface area (Å²) < 4.78 is 13.2. The first-order valence-electron chi connectivity index (χ1n) is 13.6. The molecule has 0 aliphatic carbocycles. The van der Waals surface area contributed by atoms with Crippen LogP contribution in [0.3, 0.4) is 0 Å². The highest BCUT2D eigenvalue weighted by atomic mass is 16.4. The van der Waals surface area contributed by atoms with Crippen molar-refractivity contribution in [3.05, 3.63) is 146 Å². The van der Waals surface area contributed by atoms with Crippen molar-refractivity contribution in [3.8, 4) is 22.6 Å². The fourth-order valence-corrected chi connectivity index (χ4v) is 5.55. The Hall–Kier alpha value is -5.61. The Labute approximate surface area is 236 Å². The van der Waals surface area contributed by atoms with Crippen LogP contribution in [0.2, 0.25) is 0 Å². The Balaban J connectivity index is 1.43. The van der Waals surface area contributed by atoms with Crippen molar-refractivity contribution in [3.63, 3.8) is 0 Å². The number of benzene rings is 6. The zero-order valence-corrected chi connectivity index (χ0v) is 22.1. The molecule has 0 aliphatic rings. The molecule has 41 heavy (non-hydrogen) atoms. The topological polar surface area (TPSA) is 42.4 Å². The molecule has 4 heteroatoms. The highest BCUT2D eigenvalue weighted by Gasteiger charge is 2.26. The highest BCUT2D eigenvalue weighted by Crippen LogP contribution is 2.47. The number of anilines is 3. The van der Waals surface area contributed by atoms with Crippen molar-refractivity contribution in [2.24, 2.45) is 0 Å². The second-order valence-electron chi connectivity index (χ2n) is 10.0. The van der Waals surface area contributed by atoms with Crippen LogP contribution in [0.1, 0.15) is 0 Å². The van der Waals surface area contributed by atoms with Crippen molar-refractivity contribution < 1.29 is 8.83 Å². The summed E-state index contributed by atoms with van der Waals surface area (Å²) in [6.07, 6.45) is 0. The molecule has 4 nitrogen and oxygen atoms in total. The number of furan rings is 1. The van der Waals surface area contributed by atoms with Gasteiger partial charge in [0, 0.05) is 27.7 Å². The van der Waals surface area contributed by atoms with E-state index in [1.807, 2.05) is 72.8 Å². The van der Waals surface area contributed by atoms with E-state index in [0.717, 1.165) is 55.6 Å². The molecule has 194 valence electrons. The van der Waals surface area contributed by atoms with Gasteiger partial charge in [-0.15, -0.1) is 0 Å². The molecule has 0 N–H and O–H groups in total. The van der Waals surface area contributed by atoms with E-state index in [-0.39, 0.29) is 0 Å². The first-order valence-corrected chi connectivity index (χ1v) is 13.6. The summed E-state index contributed by atoms with van der Waals surface area (Å²) in [7, 11) is 0. The van der Waals surface area contributed by atoms with Gasteiger partial charge < -0.3 is 13.7 Å². The molecular weight excluding hydrogens is 504 g/mol. The van der Waals surface area contributed by atoms with Gasteiger partial charge in [0.1, 0.15) is 16.8 Å². The molecule has 0 fully saturated rings. The van der Waals surface area contributed by atoms with Crippen LogP contribution in [0, 0.1) is 0 Å². The molecule has 0 aliphatic heterocycles. The van der Waals surface area contributed by atoms with E-state index < -0.39 is 0 Å². The van der Waals surface area contributed by atoms with E-state index in [4.69, 9.17) is 13.8 Å². The van der Waals surface area contributed by atoms with Gasteiger partial charge in [0.25, 0.3) is 0 Å². The van der Waals surface area contributed by atoms with E-state index in [0.29, 0.717) is 11.5 Å². The summed E-state index contributed by atoms with van der Waals surface area (Å²) in [5.41, 5.74) is 9.09. The lowest BCUT2D eigenvalue weighted by Crippen LogP contribution is -2.10. The van der Waals surface area contributed by atoms with E-state index in [1.165, 1.54) is 5.56 Å². The molecule has 8 aromatic rings. The minimum Gasteiger partial charge on any atom is -0.454 e. The minimum absolute atomic E-state index is 0.575. The van der Waals surface area contributed by atoms with Gasteiger partial charge in [0.2, 0.25) is 5.89 Å². The quantitative estimate of drug-likeness (QED) is 0.223. The lowest BCUT2D eigenvalue weighted by molar-refractivity contribution is 0.618. The fourth-order valence-electron chi connectivity index (χ4n) is 5.55. The third kappa shape index (κ3) is 3.97. The van der Waals surface area contributed by atoms with Crippen molar-refractivity contribution in [1.29, 1.82) is 0 Å². The van der Waals surface area contributed by atoms with Crippen LogP contribution in [0.25, 0.3) is 55.6 Å². The summed E-state index contributed by atoms with van der Waals surface area (Å²) in [6.45, 7) is 0. The largest absolute Gasteiger partial charge is 0.454 e. The van der Waals surface area contributed by atoms with Crippen molar-refractivity contribution in [2.45, 2.75) is 0 Å². The van der Waals surface area contributed by atoms with E-state index in [9.17, 15) is 0 Å². The molecule has 0 amide bonds. The van der Waals surface area contributed by atoms with Crippen LogP contribution in [0.15, 0.2) is 154 Å². The maximum Gasteiger partial charge on any atom is 0.227 e. The molecule has 0 atom stereocenters. The number of oxazole rings is 1. The molecule has 8 rings (SSSR count). The SMILES string of the molecule is c1ccc(-c2ccc(N(c3ccccc3)c3c4oc(-c5ccccc5)nc4cc4c3oc3ccccc34)cc2)cc1. The Morgan fingerprint density at radius 3 is 1.78 bits per heavy atom. The number of hydrogen-bond donors (Lipinski definition) is 0. The molecule has 0 bridgehead atoms. The average Bonchev–Trinajstić information content (AvgIpc) is 3.64. The molecule has 0 saturated heterocycles. The summed E-state index contributed by atoms with van der Waals surface area (Å²) in [5, 5.41) is 2.04. The second-order valence-corrected chi connectivity index (χ2v) is 10.0. The molecule has 0 spiro atoms. The number of para-hydroxylation sites is 2. The number of rotatable bonds is 5. The van der Waals surface area contributed by atoms with E-state index >= 15 is 0 Å². The Kier molecular flexibility index (Phi) is 5.42. The van der Waals surface area contributed by atoms with Crippen molar-refractivity contribution in [2.75, 3.05) is 4.90 Å². The molecule has 0 unspecified atom stereocenters. The predicted molar refractivity (Wildman–Crippen MR) is 167 cm³/mol.